The molecule has 0 aliphatic rings. The Labute approximate surface area is 237 Å². The summed E-state index contributed by atoms with van der Waals surface area (Å²) in [6, 6.07) is 17.4. The van der Waals surface area contributed by atoms with Gasteiger partial charge in [0, 0.05) is 18.7 Å². The first kappa shape index (κ1) is 28.8. The van der Waals surface area contributed by atoms with E-state index in [0.717, 1.165) is 0 Å². The maximum absolute atomic E-state index is 13.9. The zero-order valence-corrected chi connectivity index (χ0v) is 23.6. The number of ether oxygens (including phenoxy) is 1. The molecule has 1 aromatic heterocycles. The van der Waals surface area contributed by atoms with Crippen molar-refractivity contribution in [3.05, 3.63) is 104 Å². The molecule has 0 bridgehead atoms. The summed E-state index contributed by atoms with van der Waals surface area (Å²) in [4.78, 5) is 44.9. The molecule has 9 nitrogen and oxygen atoms in total. The van der Waals surface area contributed by atoms with E-state index in [1.807, 2.05) is 19.9 Å². The minimum atomic E-state index is -0.651. The Morgan fingerprint density at radius 3 is 2.42 bits per heavy atom. The van der Waals surface area contributed by atoms with E-state index in [2.05, 4.69) is 13.8 Å². The highest BCUT2D eigenvalue weighted by Crippen LogP contribution is 2.29. The van der Waals surface area contributed by atoms with Gasteiger partial charge in [-0.15, -0.1) is 0 Å². The molecule has 4 aromatic rings. The van der Waals surface area contributed by atoms with E-state index in [1.54, 1.807) is 47.4 Å². The van der Waals surface area contributed by atoms with Crippen LogP contribution in [0, 0.1) is 16.0 Å². The maximum atomic E-state index is 13.9. The van der Waals surface area contributed by atoms with E-state index in [-0.39, 0.29) is 27.8 Å². The molecule has 1 heterocycles. The molecule has 0 fully saturated rings. The number of carbonyl (C=O) groups is 1. The quantitative estimate of drug-likeness (QED) is 0.159. The second-order valence-corrected chi connectivity index (χ2v) is 10.2. The highest BCUT2D eigenvalue weighted by atomic mass is 35.5. The molecule has 208 valence electrons. The minimum absolute atomic E-state index is 0.0173. The van der Waals surface area contributed by atoms with Crippen LogP contribution in [0.3, 0.4) is 0 Å². The fourth-order valence-corrected chi connectivity index (χ4v) is 4.75. The van der Waals surface area contributed by atoms with Crippen LogP contribution in [0.5, 0.6) is 5.75 Å². The van der Waals surface area contributed by atoms with Gasteiger partial charge in [-0.05, 0) is 68.7 Å². The third-order valence-electron chi connectivity index (χ3n) is 6.65. The van der Waals surface area contributed by atoms with E-state index >= 15 is 0 Å². The summed E-state index contributed by atoms with van der Waals surface area (Å²) in [6.45, 7) is 8.69. The number of hydrogen-bond acceptors (Lipinski definition) is 6. The average molecular weight is 563 g/mol. The standard InChI is InChI=1S/C30H31ClN4O5/c1-5-40-23-13-10-21(11-14-23)34-28(32-27-9-7-6-8-25(27)30(34)37)20(4)33(17-16-19(2)3)29(36)24-15-12-22(35(38)39)18-26(24)31/h6-15,18-20H,5,16-17H2,1-4H3. The normalized spacial score (nSPS) is 11.9. The molecular weight excluding hydrogens is 532 g/mol. The van der Waals surface area contributed by atoms with Gasteiger partial charge in [0.05, 0.1) is 44.7 Å². The number of benzene rings is 3. The Kier molecular flexibility index (Phi) is 8.84. The Morgan fingerprint density at radius 1 is 1.10 bits per heavy atom. The summed E-state index contributed by atoms with van der Waals surface area (Å²) in [6.07, 6.45) is 0.682. The summed E-state index contributed by atoms with van der Waals surface area (Å²) in [7, 11) is 0. The number of hydrogen-bond donors (Lipinski definition) is 0. The minimum Gasteiger partial charge on any atom is -0.494 e. The average Bonchev–Trinajstić information content (AvgIpc) is 2.93. The molecular formula is C30H31ClN4O5. The number of carbonyl (C=O) groups excluding carboxylic acids is 1. The molecule has 1 amide bonds. The summed E-state index contributed by atoms with van der Waals surface area (Å²) in [5, 5.41) is 11.6. The lowest BCUT2D eigenvalue weighted by Gasteiger charge is -2.31. The molecule has 4 rings (SSSR count). The van der Waals surface area contributed by atoms with Crippen LogP contribution in [-0.2, 0) is 0 Å². The van der Waals surface area contributed by atoms with Crippen LogP contribution in [0.1, 0.15) is 56.3 Å². The molecule has 40 heavy (non-hydrogen) atoms. The zero-order chi connectivity index (χ0) is 29.0. The Bertz CT molecular complexity index is 1600. The van der Waals surface area contributed by atoms with E-state index < -0.39 is 16.9 Å². The number of nitrogens with zero attached hydrogens (tertiary/aromatic N) is 4. The van der Waals surface area contributed by atoms with Crippen molar-refractivity contribution in [2.45, 2.75) is 40.2 Å². The van der Waals surface area contributed by atoms with Gasteiger partial charge < -0.3 is 9.64 Å². The van der Waals surface area contributed by atoms with Crippen LogP contribution >= 0.6 is 11.6 Å². The number of rotatable bonds is 10. The molecule has 0 N–H and O–H groups in total. The Hall–Kier alpha value is -4.24. The summed E-state index contributed by atoms with van der Waals surface area (Å²) in [5.74, 6) is 0.925. The molecule has 10 heteroatoms. The van der Waals surface area contributed by atoms with Gasteiger partial charge in [0.25, 0.3) is 17.2 Å². The van der Waals surface area contributed by atoms with Crippen LogP contribution in [0.15, 0.2) is 71.5 Å². The molecule has 1 atom stereocenters. The largest absolute Gasteiger partial charge is 0.494 e. The van der Waals surface area contributed by atoms with Crippen LogP contribution in [0.4, 0.5) is 5.69 Å². The fraction of sp³-hybridized carbons (Fsp3) is 0.300. The number of fused-ring (bicyclic) bond motifs is 1. The summed E-state index contributed by atoms with van der Waals surface area (Å²) < 4.78 is 7.10. The topological polar surface area (TPSA) is 108 Å². The van der Waals surface area contributed by atoms with Crippen LogP contribution in [-0.4, -0.2) is 38.4 Å². The highest BCUT2D eigenvalue weighted by molar-refractivity contribution is 6.34. The van der Waals surface area contributed by atoms with Gasteiger partial charge in [-0.25, -0.2) is 4.98 Å². The lowest BCUT2D eigenvalue weighted by molar-refractivity contribution is -0.384. The second-order valence-electron chi connectivity index (χ2n) is 9.83. The van der Waals surface area contributed by atoms with Crippen molar-refractivity contribution in [3.63, 3.8) is 0 Å². The van der Waals surface area contributed by atoms with Gasteiger partial charge in [-0.3, -0.25) is 24.3 Å². The SMILES string of the molecule is CCOc1ccc(-n2c(C(C)N(CCC(C)C)C(=O)c3ccc([N+](=O)[O-])cc3Cl)nc3ccccc3c2=O)cc1. The highest BCUT2D eigenvalue weighted by Gasteiger charge is 2.29. The van der Waals surface area contributed by atoms with Crippen molar-refractivity contribution in [1.82, 2.24) is 14.5 Å². The van der Waals surface area contributed by atoms with Gasteiger partial charge in [-0.1, -0.05) is 37.6 Å². The predicted molar refractivity (Wildman–Crippen MR) is 156 cm³/mol. The van der Waals surface area contributed by atoms with Crippen LogP contribution in [0.25, 0.3) is 16.6 Å². The zero-order valence-electron chi connectivity index (χ0n) is 22.8. The first-order valence-electron chi connectivity index (χ1n) is 13.1. The smallest absolute Gasteiger partial charge is 0.270 e. The number of halogens is 1. The molecule has 0 aliphatic heterocycles. The van der Waals surface area contributed by atoms with E-state index in [4.69, 9.17) is 21.3 Å². The van der Waals surface area contributed by atoms with Gasteiger partial charge >= 0.3 is 0 Å². The van der Waals surface area contributed by atoms with Gasteiger partial charge in [0.2, 0.25) is 0 Å². The van der Waals surface area contributed by atoms with Crippen molar-refractivity contribution in [1.29, 1.82) is 0 Å². The summed E-state index contributed by atoms with van der Waals surface area (Å²) >= 11 is 6.36. The Balaban J connectivity index is 1.87. The lowest BCUT2D eigenvalue weighted by Crippen LogP contribution is -2.38. The number of nitro groups is 1. The number of non-ortho nitro benzene ring substituents is 1. The first-order valence-corrected chi connectivity index (χ1v) is 13.5. The first-order chi connectivity index (χ1) is 19.1. The van der Waals surface area contributed by atoms with Crippen molar-refractivity contribution >= 4 is 34.1 Å². The van der Waals surface area contributed by atoms with E-state index in [9.17, 15) is 19.7 Å². The van der Waals surface area contributed by atoms with E-state index in [0.29, 0.717) is 47.7 Å². The lowest BCUT2D eigenvalue weighted by atomic mass is 10.1. The molecule has 1 unspecified atom stereocenters. The molecule has 0 spiro atoms. The van der Waals surface area contributed by atoms with Crippen molar-refractivity contribution in [2.24, 2.45) is 5.92 Å². The molecule has 0 aliphatic carbocycles. The van der Waals surface area contributed by atoms with Crippen LogP contribution < -0.4 is 10.3 Å². The van der Waals surface area contributed by atoms with Crippen molar-refractivity contribution < 1.29 is 14.5 Å². The molecule has 3 aromatic carbocycles. The third kappa shape index (κ3) is 5.99. The number of nitro benzene ring substituents is 1. The fourth-order valence-electron chi connectivity index (χ4n) is 4.49. The number of aromatic nitrogens is 2. The Morgan fingerprint density at radius 2 is 1.80 bits per heavy atom. The number of amides is 1. The van der Waals surface area contributed by atoms with Gasteiger partial charge in [-0.2, -0.15) is 0 Å². The second kappa shape index (κ2) is 12.3. The van der Waals surface area contributed by atoms with Gasteiger partial charge in [0.15, 0.2) is 0 Å². The van der Waals surface area contributed by atoms with Crippen molar-refractivity contribution in [2.75, 3.05) is 13.2 Å². The van der Waals surface area contributed by atoms with Gasteiger partial charge in [0.1, 0.15) is 11.6 Å². The molecule has 0 saturated carbocycles. The van der Waals surface area contributed by atoms with Crippen LogP contribution in [0.2, 0.25) is 5.02 Å². The molecule has 0 saturated heterocycles. The van der Waals surface area contributed by atoms with E-state index in [1.165, 1.54) is 22.8 Å². The maximum Gasteiger partial charge on any atom is 0.270 e. The third-order valence-corrected chi connectivity index (χ3v) is 6.96. The number of para-hydroxylation sites is 1. The van der Waals surface area contributed by atoms with Crippen molar-refractivity contribution in [3.8, 4) is 11.4 Å². The molecule has 0 radical (unpaired) electrons. The summed E-state index contributed by atoms with van der Waals surface area (Å²) in [5.41, 5.74) is 0.767. The predicted octanol–water partition coefficient (Wildman–Crippen LogP) is 6.60. The monoisotopic (exact) mass is 562 g/mol.